The summed E-state index contributed by atoms with van der Waals surface area (Å²) in [6.07, 6.45) is 6.89. The molecular weight excluding hydrogens is 264 g/mol. The smallest absolute Gasteiger partial charge is 0.272 e. The molecule has 0 saturated carbocycles. The SMILES string of the molecule is CCCCCNc1nc(C)cc(C(=O)N2CCCCC2)n1. The Hall–Kier alpha value is -1.65. The molecular formula is C16H26N4O. The quantitative estimate of drug-likeness (QED) is 0.818. The molecule has 1 aliphatic heterocycles. The molecule has 0 unspecified atom stereocenters. The molecule has 1 amide bonds. The first kappa shape index (κ1) is 15.7. The van der Waals surface area contributed by atoms with Gasteiger partial charge in [-0.3, -0.25) is 4.79 Å². The Balaban J connectivity index is 2.01. The molecule has 2 heterocycles. The number of aromatic nitrogens is 2. The van der Waals surface area contributed by atoms with Gasteiger partial charge < -0.3 is 10.2 Å². The van der Waals surface area contributed by atoms with Crippen molar-refractivity contribution in [2.24, 2.45) is 0 Å². The zero-order chi connectivity index (χ0) is 15.1. The van der Waals surface area contributed by atoms with E-state index in [0.717, 1.165) is 44.6 Å². The molecule has 5 nitrogen and oxygen atoms in total. The van der Waals surface area contributed by atoms with E-state index in [1.54, 1.807) is 6.07 Å². The lowest BCUT2D eigenvalue weighted by Crippen LogP contribution is -2.36. The van der Waals surface area contributed by atoms with Crippen molar-refractivity contribution in [3.8, 4) is 0 Å². The van der Waals surface area contributed by atoms with Gasteiger partial charge in [0, 0.05) is 25.3 Å². The van der Waals surface area contributed by atoms with Crippen LogP contribution in [0.5, 0.6) is 0 Å². The van der Waals surface area contributed by atoms with E-state index >= 15 is 0 Å². The van der Waals surface area contributed by atoms with E-state index in [0.29, 0.717) is 11.6 Å². The fourth-order valence-corrected chi connectivity index (χ4v) is 2.59. The summed E-state index contributed by atoms with van der Waals surface area (Å²) in [6, 6.07) is 1.79. The van der Waals surface area contributed by atoms with Crippen LogP contribution in [0.25, 0.3) is 0 Å². The van der Waals surface area contributed by atoms with Gasteiger partial charge in [0.2, 0.25) is 5.95 Å². The summed E-state index contributed by atoms with van der Waals surface area (Å²) in [5.74, 6) is 0.614. The fourth-order valence-electron chi connectivity index (χ4n) is 2.59. The zero-order valence-electron chi connectivity index (χ0n) is 13.2. The van der Waals surface area contributed by atoms with E-state index in [4.69, 9.17) is 0 Å². The molecule has 1 saturated heterocycles. The number of hydrogen-bond donors (Lipinski definition) is 1. The lowest BCUT2D eigenvalue weighted by atomic mass is 10.1. The highest BCUT2D eigenvalue weighted by Gasteiger charge is 2.20. The maximum absolute atomic E-state index is 12.5. The Bertz CT molecular complexity index is 469. The summed E-state index contributed by atoms with van der Waals surface area (Å²) in [6.45, 7) is 6.64. The topological polar surface area (TPSA) is 58.1 Å². The predicted molar refractivity (Wildman–Crippen MR) is 84.5 cm³/mol. The van der Waals surface area contributed by atoms with E-state index < -0.39 is 0 Å². The fraction of sp³-hybridized carbons (Fsp3) is 0.688. The number of hydrogen-bond acceptors (Lipinski definition) is 4. The molecule has 1 aliphatic rings. The van der Waals surface area contributed by atoms with Crippen molar-refractivity contribution in [3.63, 3.8) is 0 Å². The van der Waals surface area contributed by atoms with Crippen LogP contribution in [0.1, 0.15) is 61.6 Å². The number of rotatable bonds is 6. The summed E-state index contributed by atoms with van der Waals surface area (Å²) < 4.78 is 0. The summed E-state index contributed by atoms with van der Waals surface area (Å²) in [7, 11) is 0. The third-order valence-electron chi connectivity index (χ3n) is 3.78. The number of aryl methyl sites for hydroxylation is 1. The monoisotopic (exact) mass is 290 g/mol. The molecule has 1 aromatic rings. The molecule has 0 radical (unpaired) electrons. The molecule has 0 aliphatic carbocycles. The Labute approximate surface area is 127 Å². The summed E-state index contributed by atoms with van der Waals surface area (Å²) in [5, 5.41) is 3.23. The van der Waals surface area contributed by atoms with Crippen molar-refractivity contribution in [2.75, 3.05) is 25.0 Å². The average molecular weight is 290 g/mol. The van der Waals surface area contributed by atoms with Gasteiger partial charge in [0.25, 0.3) is 5.91 Å². The largest absolute Gasteiger partial charge is 0.354 e. The molecule has 0 spiro atoms. The molecule has 0 aromatic carbocycles. The van der Waals surface area contributed by atoms with E-state index in [1.165, 1.54) is 19.3 Å². The van der Waals surface area contributed by atoms with Crippen LogP contribution in [-0.4, -0.2) is 40.4 Å². The molecule has 1 N–H and O–H groups in total. The van der Waals surface area contributed by atoms with Crippen LogP contribution in [0.2, 0.25) is 0 Å². The van der Waals surface area contributed by atoms with Gasteiger partial charge in [-0.2, -0.15) is 0 Å². The minimum Gasteiger partial charge on any atom is -0.354 e. The van der Waals surface area contributed by atoms with E-state index in [-0.39, 0.29) is 5.91 Å². The van der Waals surface area contributed by atoms with Crippen molar-refractivity contribution in [3.05, 3.63) is 17.5 Å². The van der Waals surface area contributed by atoms with Crippen molar-refractivity contribution < 1.29 is 4.79 Å². The van der Waals surface area contributed by atoms with Gasteiger partial charge in [-0.25, -0.2) is 9.97 Å². The maximum Gasteiger partial charge on any atom is 0.272 e. The molecule has 1 fully saturated rings. The van der Waals surface area contributed by atoms with Crippen LogP contribution in [0.15, 0.2) is 6.07 Å². The standard InChI is InChI=1S/C16H26N4O/c1-3-4-6-9-17-16-18-13(2)12-14(19-16)15(21)20-10-7-5-8-11-20/h12H,3-11H2,1-2H3,(H,17,18,19). The van der Waals surface area contributed by atoms with Crippen LogP contribution in [0.4, 0.5) is 5.95 Å². The van der Waals surface area contributed by atoms with Crippen molar-refractivity contribution in [1.29, 1.82) is 0 Å². The highest BCUT2D eigenvalue weighted by Crippen LogP contribution is 2.14. The molecule has 2 rings (SSSR count). The van der Waals surface area contributed by atoms with Crippen LogP contribution >= 0.6 is 0 Å². The number of likely N-dealkylation sites (tertiary alicyclic amines) is 1. The normalized spacial score (nSPS) is 15.0. The first-order valence-electron chi connectivity index (χ1n) is 8.09. The number of anilines is 1. The van der Waals surface area contributed by atoms with Crippen LogP contribution < -0.4 is 5.32 Å². The Morgan fingerprint density at radius 1 is 1.24 bits per heavy atom. The van der Waals surface area contributed by atoms with Crippen LogP contribution in [-0.2, 0) is 0 Å². The maximum atomic E-state index is 12.5. The highest BCUT2D eigenvalue weighted by molar-refractivity contribution is 5.92. The number of amides is 1. The summed E-state index contributed by atoms with van der Waals surface area (Å²) in [4.78, 5) is 23.2. The van der Waals surface area contributed by atoms with Crippen molar-refractivity contribution >= 4 is 11.9 Å². The van der Waals surface area contributed by atoms with Crippen molar-refractivity contribution in [1.82, 2.24) is 14.9 Å². The van der Waals surface area contributed by atoms with Gasteiger partial charge >= 0.3 is 0 Å². The second-order valence-electron chi connectivity index (χ2n) is 5.70. The van der Waals surface area contributed by atoms with Gasteiger partial charge in [-0.1, -0.05) is 19.8 Å². The van der Waals surface area contributed by atoms with E-state index in [9.17, 15) is 4.79 Å². The van der Waals surface area contributed by atoms with Crippen LogP contribution in [0.3, 0.4) is 0 Å². The first-order chi connectivity index (χ1) is 10.2. The second kappa shape index (κ2) is 7.96. The Kier molecular flexibility index (Phi) is 5.96. The van der Waals surface area contributed by atoms with Crippen LogP contribution in [0, 0.1) is 6.92 Å². The third kappa shape index (κ3) is 4.69. The lowest BCUT2D eigenvalue weighted by molar-refractivity contribution is 0.0718. The van der Waals surface area contributed by atoms with E-state index in [1.807, 2.05) is 11.8 Å². The van der Waals surface area contributed by atoms with Gasteiger partial charge in [0.1, 0.15) is 5.69 Å². The number of carbonyl (C=O) groups is 1. The second-order valence-corrected chi connectivity index (χ2v) is 5.70. The molecule has 0 bridgehead atoms. The molecule has 21 heavy (non-hydrogen) atoms. The average Bonchev–Trinajstić information content (AvgIpc) is 2.51. The number of unbranched alkanes of at least 4 members (excludes halogenated alkanes) is 2. The zero-order valence-corrected chi connectivity index (χ0v) is 13.2. The minimum atomic E-state index is 0.0387. The number of nitrogens with one attached hydrogen (secondary N) is 1. The molecule has 1 aromatic heterocycles. The third-order valence-corrected chi connectivity index (χ3v) is 3.78. The predicted octanol–water partition coefficient (Wildman–Crippen LogP) is 3.01. The molecule has 116 valence electrons. The first-order valence-corrected chi connectivity index (χ1v) is 8.09. The van der Waals surface area contributed by atoms with Crippen molar-refractivity contribution in [2.45, 2.75) is 52.4 Å². The van der Waals surface area contributed by atoms with Gasteiger partial charge in [-0.05, 0) is 38.7 Å². The number of nitrogens with zero attached hydrogens (tertiary/aromatic N) is 3. The summed E-state index contributed by atoms with van der Waals surface area (Å²) >= 11 is 0. The van der Waals surface area contributed by atoms with Gasteiger partial charge in [0.15, 0.2) is 0 Å². The Morgan fingerprint density at radius 2 is 2.00 bits per heavy atom. The minimum absolute atomic E-state index is 0.0387. The van der Waals surface area contributed by atoms with Gasteiger partial charge in [-0.15, -0.1) is 0 Å². The lowest BCUT2D eigenvalue weighted by Gasteiger charge is -2.26. The number of piperidine rings is 1. The number of carbonyl (C=O) groups excluding carboxylic acids is 1. The Morgan fingerprint density at radius 3 is 2.71 bits per heavy atom. The highest BCUT2D eigenvalue weighted by atomic mass is 16.2. The molecule has 5 heteroatoms. The van der Waals surface area contributed by atoms with E-state index in [2.05, 4.69) is 22.2 Å². The van der Waals surface area contributed by atoms with Gasteiger partial charge in [0.05, 0.1) is 0 Å². The molecule has 0 atom stereocenters. The summed E-state index contributed by atoms with van der Waals surface area (Å²) in [5.41, 5.74) is 1.35.